The molecule has 5 heavy (non-hydrogen) atoms. The van der Waals surface area contributed by atoms with Crippen molar-refractivity contribution in [1.82, 2.24) is 0 Å². The molecule has 0 aromatic rings. The summed E-state index contributed by atoms with van der Waals surface area (Å²) < 4.78 is 25.2. The van der Waals surface area contributed by atoms with E-state index in [0.717, 1.165) is 0 Å². The van der Waals surface area contributed by atoms with Crippen molar-refractivity contribution in [3.05, 3.63) is 0 Å². The molecule has 4 nitrogen and oxygen atoms in total. The highest BCUT2D eigenvalue weighted by atomic mass is 32.2. The average Bonchev–Trinajstić information content (AvgIpc) is 0.722. The highest BCUT2D eigenvalue weighted by Gasteiger charge is 1.81. The van der Waals surface area contributed by atoms with Gasteiger partial charge in [0.25, 0.3) is 0 Å². The van der Waals surface area contributed by atoms with Crippen LogP contribution in [0.2, 0.25) is 0 Å². The molecule has 0 saturated carbocycles. The Morgan fingerprint density at radius 3 is 1.60 bits per heavy atom. The average molecular weight is 98.1 g/mol. The van der Waals surface area contributed by atoms with E-state index in [0.29, 0.717) is 0 Å². The molecule has 0 saturated heterocycles. The predicted molar refractivity (Wildman–Crippen MR) is 15.7 cm³/mol. The quantitative estimate of drug-likeness (QED) is 0.293. The van der Waals surface area contributed by atoms with E-state index in [1.54, 1.807) is 0 Å². The van der Waals surface area contributed by atoms with Crippen molar-refractivity contribution < 1.29 is 13.0 Å². The lowest BCUT2D eigenvalue weighted by atomic mass is 14.9. The minimum absolute atomic E-state index is 3.88. The minimum atomic E-state index is -4.17. The predicted octanol–water partition coefficient (Wildman–Crippen LogP) is -1.25. The first-order chi connectivity index (χ1) is 2.00. The van der Waals surface area contributed by atoms with E-state index in [9.17, 15) is 0 Å². The highest BCUT2D eigenvalue weighted by molar-refractivity contribution is 7.83. The van der Waals surface area contributed by atoms with Gasteiger partial charge in [-0.05, 0) is 0 Å². The van der Waals surface area contributed by atoms with Gasteiger partial charge in [0.1, 0.15) is 0 Å². The molecule has 0 amide bonds. The summed E-state index contributed by atoms with van der Waals surface area (Å²) in [5, 5.41) is 3.88. The van der Waals surface area contributed by atoms with E-state index in [-0.39, 0.29) is 0 Å². The number of nitrogens with two attached hydrogens (primary N) is 1. The Morgan fingerprint density at radius 1 is 1.60 bits per heavy atom. The molecule has 0 spiro atoms. The molecule has 0 aliphatic rings. The molecule has 32 valence electrons. The van der Waals surface area contributed by atoms with E-state index < -0.39 is 10.3 Å². The summed E-state index contributed by atoms with van der Waals surface area (Å²) >= 11 is 0. The van der Waals surface area contributed by atoms with Gasteiger partial charge < -0.3 is 0 Å². The third-order valence-electron chi connectivity index (χ3n) is 0. The molecule has 0 rings (SSSR count). The van der Waals surface area contributed by atoms with Gasteiger partial charge in [-0.25, -0.2) is 5.14 Å². The molecule has 0 radical (unpaired) electrons. The summed E-state index contributed by atoms with van der Waals surface area (Å²) in [6.07, 6.45) is 0. The zero-order valence-corrected chi connectivity index (χ0v) is 3.07. The first-order valence-corrected chi connectivity index (χ1v) is 2.25. The molecule has 0 unspecified atom stereocenters. The van der Waals surface area contributed by atoms with E-state index >= 15 is 0 Å². The van der Waals surface area contributed by atoms with Crippen molar-refractivity contribution in [2.45, 2.75) is 0 Å². The Morgan fingerprint density at radius 2 is 1.60 bits per heavy atom. The third kappa shape index (κ3) is 801. The zero-order valence-electron chi connectivity index (χ0n) is 2.25. The SMILES string of the molecule is [15NH2]S(=O)(=O)O. The van der Waals surface area contributed by atoms with Gasteiger partial charge in [-0.2, -0.15) is 8.42 Å². The first-order valence-electron chi connectivity index (χ1n) is 0.752. The fourth-order valence-corrected chi connectivity index (χ4v) is 0. The molecular formula is H3NO3S. The largest absolute Gasteiger partial charge is 0.330 e. The summed E-state index contributed by atoms with van der Waals surface area (Å²) in [4.78, 5) is 0. The van der Waals surface area contributed by atoms with Gasteiger partial charge in [-0.1, -0.05) is 0 Å². The van der Waals surface area contributed by atoms with Crippen LogP contribution in [0.1, 0.15) is 0 Å². The molecule has 0 aliphatic carbocycles. The topological polar surface area (TPSA) is 80.4 Å². The van der Waals surface area contributed by atoms with Gasteiger partial charge in [0.15, 0.2) is 0 Å². The standard InChI is InChI=1S/H3NO3S/c1-5(2,3)4/h(H3,1,2,3,4)/i1+1. The maximum Gasteiger partial charge on any atom is 0.330 e. The Bertz CT molecular complexity index is 90.1. The molecular weight excluding hydrogens is 95.1 g/mol. The van der Waals surface area contributed by atoms with Crippen LogP contribution >= 0.6 is 0 Å². The first kappa shape index (κ1) is 4.87. The summed E-state index contributed by atoms with van der Waals surface area (Å²) in [5.74, 6) is 0. The Labute approximate surface area is 29.5 Å². The van der Waals surface area contributed by atoms with Crippen LogP contribution in [0.25, 0.3) is 0 Å². The van der Waals surface area contributed by atoms with E-state index in [1.165, 1.54) is 0 Å². The van der Waals surface area contributed by atoms with Crippen molar-refractivity contribution >= 4 is 10.3 Å². The highest BCUT2D eigenvalue weighted by Crippen LogP contribution is 1.50. The van der Waals surface area contributed by atoms with Gasteiger partial charge in [-0.3, -0.25) is 4.55 Å². The lowest BCUT2D eigenvalue weighted by Crippen LogP contribution is -2.08. The summed E-state index contributed by atoms with van der Waals surface area (Å²) in [7, 11) is -4.17. The molecule has 0 aromatic carbocycles. The minimum Gasteiger partial charge on any atom is -0.274 e. The molecule has 0 aromatic heterocycles. The summed E-state index contributed by atoms with van der Waals surface area (Å²) in [6.45, 7) is 0. The van der Waals surface area contributed by atoms with Crippen LogP contribution in [0.3, 0.4) is 0 Å². The molecule has 0 heterocycles. The zero-order chi connectivity index (χ0) is 4.50. The normalized spacial score (nSPS) is 11.6. The molecule has 0 bridgehead atoms. The number of rotatable bonds is 0. The van der Waals surface area contributed by atoms with Crippen molar-refractivity contribution in [2.75, 3.05) is 0 Å². The summed E-state index contributed by atoms with van der Waals surface area (Å²) in [6, 6.07) is 0. The second kappa shape index (κ2) is 0.925. The van der Waals surface area contributed by atoms with Gasteiger partial charge in [0, 0.05) is 0 Å². The number of hydrogen-bond donors (Lipinski definition) is 2. The lowest BCUT2D eigenvalue weighted by Gasteiger charge is -1.70. The fourth-order valence-electron chi connectivity index (χ4n) is 0. The smallest absolute Gasteiger partial charge is 0.274 e. The van der Waals surface area contributed by atoms with Crippen LogP contribution in [0.5, 0.6) is 0 Å². The van der Waals surface area contributed by atoms with E-state index in [4.69, 9.17) is 13.0 Å². The Kier molecular flexibility index (Phi) is 0.901. The second-order valence-corrected chi connectivity index (χ2v) is 1.54. The van der Waals surface area contributed by atoms with Crippen molar-refractivity contribution in [2.24, 2.45) is 5.14 Å². The Hall–Kier alpha value is -0.130. The maximum atomic E-state index is 8.97. The van der Waals surface area contributed by atoms with Crippen LogP contribution in [0, 0.1) is 0 Å². The monoisotopic (exact) mass is 98.0 g/mol. The van der Waals surface area contributed by atoms with Crippen molar-refractivity contribution in [3.63, 3.8) is 0 Å². The second-order valence-electron chi connectivity index (χ2n) is 0.515. The van der Waals surface area contributed by atoms with Crippen molar-refractivity contribution in [1.29, 1.82) is 0 Å². The van der Waals surface area contributed by atoms with Crippen LogP contribution in [0.4, 0.5) is 0 Å². The summed E-state index contributed by atoms with van der Waals surface area (Å²) in [5.41, 5.74) is 0. The van der Waals surface area contributed by atoms with Crippen molar-refractivity contribution in [3.8, 4) is 0 Å². The van der Waals surface area contributed by atoms with Gasteiger partial charge in [-0.15, -0.1) is 0 Å². The fraction of sp³-hybridized carbons (Fsp3) is 0. The molecule has 0 atom stereocenters. The maximum absolute atomic E-state index is 8.97. The lowest BCUT2D eigenvalue weighted by molar-refractivity contribution is 0.485. The van der Waals surface area contributed by atoms with Crippen LogP contribution in [-0.2, 0) is 10.3 Å². The van der Waals surface area contributed by atoms with Crippen LogP contribution < -0.4 is 5.14 Å². The number of hydrogen-bond acceptors (Lipinski definition) is 2. The van der Waals surface area contributed by atoms with Gasteiger partial charge >= 0.3 is 10.3 Å². The van der Waals surface area contributed by atoms with Crippen LogP contribution in [-0.4, -0.2) is 13.0 Å². The molecule has 0 fully saturated rings. The van der Waals surface area contributed by atoms with Gasteiger partial charge in [0.05, 0.1) is 0 Å². The van der Waals surface area contributed by atoms with Crippen LogP contribution in [0.15, 0.2) is 0 Å². The Balaban J connectivity index is 4.06. The van der Waals surface area contributed by atoms with E-state index in [1.807, 2.05) is 0 Å². The van der Waals surface area contributed by atoms with E-state index in [2.05, 4.69) is 5.14 Å². The molecule has 0 aliphatic heterocycles. The van der Waals surface area contributed by atoms with Gasteiger partial charge in [0.2, 0.25) is 0 Å². The third-order valence-corrected chi connectivity index (χ3v) is 0. The molecule has 3 N–H and O–H groups in total. The molecule has 5 heteroatoms.